The van der Waals surface area contributed by atoms with E-state index in [-0.39, 0.29) is 17.2 Å². The standard InChI is InChI=1S/C17H18F3NO3S/c1-12-3-8-16(9-13(12)2)25(22,23)21-10-14-4-6-15(7-5-14)24-11-17(18,19)20/h3-9,21H,10-11H2,1-2H3. The summed E-state index contributed by atoms with van der Waals surface area (Å²) in [4.78, 5) is 0.167. The van der Waals surface area contributed by atoms with E-state index < -0.39 is 22.8 Å². The Balaban J connectivity index is 1.99. The SMILES string of the molecule is Cc1ccc(S(=O)(=O)NCc2ccc(OCC(F)(F)F)cc2)cc1C. The average molecular weight is 373 g/mol. The minimum atomic E-state index is -4.40. The fraction of sp³-hybridized carbons (Fsp3) is 0.294. The Bertz CT molecular complexity index is 831. The molecule has 2 aromatic rings. The summed E-state index contributed by atoms with van der Waals surface area (Å²) in [5, 5.41) is 0. The van der Waals surface area contributed by atoms with Crippen molar-refractivity contribution >= 4 is 10.0 Å². The highest BCUT2D eigenvalue weighted by atomic mass is 32.2. The van der Waals surface area contributed by atoms with Crippen molar-refractivity contribution in [1.82, 2.24) is 4.72 Å². The summed E-state index contributed by atoms with van der Waals surface area (Å²) in [6, 6.07) is 10.6. The molecule has 0 atom stereocenters. The van der Waals surface area contributed by atoms with E-state index in [4.69, 9.17) is 0 Å². The molecule has 1 N–H and O–H groups in total. The number of nitrogens with one attached hydrogen (secondary N) is 1. The summed E-state index contributed by atoms with van der Waals surface area (Å²) in [6.07, 6.45) is -4.40. The number of aryl methyl sites for hydroxylation is 2. The van der Waals surface area contributed by atoms with Crippen LogP contribution >= 0.6 is 0 Å². The van der Waals surface area contributed by atoms with Crippen molar-refractivity contribution in [3.05, 3.63) is 59.2 Å². The summed E-state index contributed by atoms with van der Waals surface area (Å²) >= 11 is 0. The van der Waals surface area contributed by atoms with Gasteiger partial charge in [0.1, 0.15) is 5.75 Å². The number of benzene rings is 2. The van der Waals surface area contributed by atoms with Gasteiger partial charge in [-0.25, -0.2) is 13.1 Å². The number of rotatable bonds is 6. The van der Waals surface area contributed by atoms with Crippen LogP contribution in [0.4, 0.5) is 13.2 Å². The Morgan fingerprint density at radius 1 is 1.00 bits per heavy atom. The molecule has 2 aromatic carbocycles. The summed E-state index contributed by atoms with van der Waals surface area (Å²) in [6.45, 7) is 2.37. The van der Waals surface area contributed by atoms with Crippen LogP contribution in [-0.2, 0) is 16.6 Å². The van der Waals surface area contributed by atoms with Gasteiger partial charge >= 0.3 is 6.18 Å². The van der Waals surface area contributed by atoms with Gasteiger partial charge in [0.2, 0.25) is 10.0 Å². The van der Waals surface area contributed by atoms with Crippen LogP contribution < -0.4 is 9.46 Å². The van der Waals surface area contributed by atoms with E-state index in [1.807, 2.05) is 13.8 Å². The van der Waals surface area contributed by atoms with Crippen molar-refractivity contribution < 1.29 is 26.3 Å². The number of alkyl halides is 3. The summed E-state index contributed by atoms with van der Waals surface area (Å²) < 4.78 is 67.9. The molecule has 0 saturated carbocycles. The van der Waals surface area contributed by atoms with E-state index in [9.17, 15) is 21.6 Å². The van der Waals surface area contributed by atoms with Crippen LogP contribution in [0.15, 0.2) is 47.4 Å². The molecule has 0 heterocycles. The minimum Gasteiger partial charge on any atom is -0.484 e. The molecular weight excluding hydrogens is 355 g/mol. The van der Waals surface area contributed by atoms with Gasteiger partial charge in [0.05, 0.1) is 4.90 Å². The molecule has 0 radical (unpaired) electrons. The van der Waals surface area contributed by atoms with Crippen LogP contribution in [-0.4, -0.2) is 21.2 Å². The molecule has 8 heteroatoms. The first-order valence-electron chi connectivity index (χ1n) is 7.42. The van der Waals surface area contributed by atoms with Gasteiger partial charge in [-0.3, -0.25) is 0 Å². The van der Waals surface area contributed by atoms with Crippen LogP contribution in [0.2, 0.25) is 0 Å². The lowest BCUT2D eigenvalue weighted by atomic mass is 10.1. The predicted molar refractivity (Wildman–Crippen MR) is 87.9 cm³/mol. The van der Waals surface area contributed by atoms with E-state index in [1.165, 1.54) is 30.3 Å². The third-order valence-corrected chi connectivity index (χ3v) is 4.98. The molecule has 0 unspecified atom stereocenters. The lowest BCUT2D eigenvalue weighted by Gasteiger charge is -2.11. The molecule has 0 aliphatic rings. The first kappa shape index (κ1) is 19.3. The number of halogens is 3. The highest BCUT2D eigenvalue weighted by Crippen LogP contribution is 2.19. The smallest absolute Gasteiger partial charge is 0.422 e. The maximum absolute atomic E-state index is 12.3. The van der Waals surface area contributed by atoms with Gasteiger partial charge in [0, 0.05) is 6.54 Å². The van der Waals surface area contributed by atoms with Gasteiger partial charge < -0.3 is 4.74 Å². The molecule has 136 valence electrons. The Labute approximate surface area is 144 Å². The lowest BCUT2D eigenvalue weighted by Crippen LogP contribution is -2.23. The Kier molecular flexibility index (Phi) is 5.74. The molecule has 0 saturated heterocycles. The van der Waals surface area contributed by atoms with Crippen molar-refractivity contribution in [1.29, 1.82) is 0 Å². The molecule has 0 aliphatic carbocycles. The molecule has 4 nitrogen and oxygen atoms in total. The quantitative estimate of drug-likeness (QED) is 0.840. The van der Waals surface area contributed by atoms with Crippen LogP contribution in [0.25, 0.3) is 0 Å². The van der Waals surface area contributed by atoms with E-state index in [2.05, 4.69) is 9.46 Å². The van der Waals surface area contributed by atoms with Crippen LogP contribution in [0.5, 0.6) is 5.75 Å². The zero-order valence-electron chi connectivity index (χ0n) is 13.7. The van der Waals surface area contributed by atoms with Gasteiger partial charge in [-0.2, -0.15) is 13.2 Å². The molecule has 0 amide bonds. The van der Waals surface area contributed by atoms with Crippen molar-refractivity contribution in [2.75, 3.05) is 6.61 Å². The molecule has 0 spiro atoms. The average Bonchev–Trinajstić information content (AvgIpc) is 2.54. The van der Waals surface area contributed by atoms with Gasteiger partial charge in [0.15, 0.2) is 6.61 Å². The molecule has 2 rings (SSSR count). The van der Waals surface area contributed by atoms with E-state index in [0.717, 1.165) is 11.1 Å². The van der Waals surface area contributed by atoms with Crippen molar-refractivity contribution in [3.8, 4) is 5.75 Å². The van der Waals surface area contributed by atoms with Crippen LogP contribution in [0, 0.1) is 13.8 Å². The van der Waals surface area contributed by atoms with Gasteiger partial charge in [-0.1, -0.05) is 18.2 Å². The maximum atomic E-state index is 12.3. The molecular formula is C17H18F3NO3S. The highest BCUT2D eigenvalue weighted by molar-refractivity contribution is 7.89. The number of hydrogen-bond donors (Lipinski definition) is 1. The summed E-state index contributed by atoms with van der Waals surface area (Å²) in [5.41, 5.74) is 2.47. The van der Waals surface area contributed by atoms with Crippen molar-refractivity contribution in [2.24, 2.45) is 0 Å². The molecule has 0 aromatic heterocycles. The molecule has 0 bridgehead atoms. The Hall–Kier alpha value is -2.06. The number of sulfonamides is 1. The molecule has 25 heavy (non-hydrogen) atoms. The Morgan fingerprint density at radius 2 is 1.64 bits per heavy atom. The number of hydrogen-bond acceptors (Lipinski definition) is 3. The van der Waals surface area contributed by atoms with Crippen LogP contribution in [0.3, 0.4) is 0 Å². The molecule has 0 aliphatic heterocycles. The first-order chi connectivity index (χ1) is 11.6. The van der Waals surface area contributed by atoms with Crippen LogP contribution in [0.1, 0.15) is 16.7 Å². The van der Waals surface area contributed by atoms with E-state index in [0.29, 0.717) is 5.56 Å². The monoisotopic (exact) mass is 373 g/mol. The highest BCUT2D eigenvalue weighted by Gasteiger charge is 2.28. The fourth-order valence-electron chi connectivity index (χ4n) is 2.01. The van der Waals surface area contributed by atoms with Crippen molar-refractivity contribution in [2.45, 2.75) is 31.5 Å². The third-order valence-electron chi connectivity index (χ3n) is 3.58. The zero-order chi connectivity index (χ0) is 18.7. The third kappa shape index (κ3) is 5.75. The second-order valence-electron chi connectivity index (χ2n) is 5.62. The van der Waals surface area contributed by atoms with E-state index >= 15 is 0 Å². The number of ether oxygens (including phenoxy) is 1. The van der Waals surface area contributed by atoms with E-state index in [1.54, 1.807) is 12.1 Å². The van der Waals surface area contributed by atoms with Gasteiger partial charge in [0.25, 0.3) is 0 Å². The predicted octanol–water partition coefficient (Wildman–Crippen LogP) is 3.72. The molecule has 0 fully saturated rings. The second kappa shape index (κ2) is 7.45. The zero-order valence-corrected chi connectivity index (χ0v) is 14.5. The lowest BCUT2D eigenvalue weighted by molar-refractivity contribution is -0.153. The Morgan fingerprint density at radius 3 is 2.20 bits per heavy atom. The minimum absolute atomic E-state index is 0.0226. The fourth-order valence-corrected chi connectivity index (χ4v) is 3.11. The normalized spacial score (nSPS) is 12.2. The maximum Gasteiger partial charge on any atom is 0.422 e. The summed E-state index contributed by atoms with van der Waals surface area (Å²) in [7, 11) is -3.67. The summed E-state index contributed by atoms with van der Waals surface area (Å²) in [5.74, 6) is 0.0677. The van der Waals surface area contributed by atoms with Gasteiger partial charge in [-0.05, 0) is 54.8 Å². The topological polar surface area (TPSA) is 55.4 Å². The largest absolute Gasteiger partial charge is 0.484 e. The first-order valence-corrected chi connectivity index (χ1v) is 8.90. The van der Waals surface area contributed by atoms with Crippen molar-refractivity contribution in [3.63, 3.8) is 0 Å². The van der Waals surface area contributed by atoms with Gasteiger partial charge in [-0.15, -0.1) is 0 Å². The second-order valence-corrected chi connectivity index (χ2v) is 7.39.